The van der Waals surface area contributed by atoms with Gasteiger partial charge in [-0.25, -0.2) is 28.5 Å². The molecule has 0 aliphatic heterocycles. The van der Waals surface area contributed by atoms with Crippen LogP contribution in [0.4, 0.5) is 13.6 Å². The van der Waals surface area contributed by atoms with Crippen molar-refractivity contribution >= 4 is 17.1 Å². The highest BCUT2D eigenvalue weighted by molar-refractivity contribution is 5.74. The first kappa shape index (κ1) is 21.8. The normalized spacial score (nSPS) is 11.8. The number of hydrogen-bond donors (Lipinski definition) is 2. The van der Waals surface area contributed by atoms with Gasteiger partial charge in [0.25, 0.3) is 5.56 Å². The Morgan fingerprint density at radius 1 is 1.18 bits per heavy atom. The summed E-state index contributed by atoms with van der Waals surface area (Å²) in [4.78, 5) is 37.6. The van der Waals surface area contributed by atoms with E-state index < -0.39 is 29.3 Å². The van der Waals surface area contributed by atoms with Gasteiger partial charge in [0.05, 0.1) is 30.4 Å². The number of methoxy groups -OCH3 is 1. The van der Waals surface area contributed by atoms with Gasteiger partial charge in [0.15, 0.2) is 5.65 Å². The van der Waals surface area contributed by atoms with E-state index in [-0.39, 0.29) is 34.5 Å². The molecule has 0 unspecified atom stereocenters. The van der Waals surface area contributed by atoms with Crippen LogP contribution in [0.15, 0.2) is 59.7 Å². The molecule has 4 rings (SSSR count). The van der Waals surface area contributed by atoms with Crippen molar-refractivity contribution in [2.45, 2.75) is 12.5 Å². The molecule has 0 saturated carbocycles. The van der Waals surface area contributed by atoms with Gasteiger partial charge in [0.1, 0.15) is 17.5 Å². The SMILES string of the molecule is COc1ccc(-n2c([C@H](Cc3cc(F)cc(F)c3)NC(=O)O)nc3ncccc3c2=O)cn1. The second-order valence-corrected chi connectivity index (χ2v) is 7.03. The van der Waals surface area contributed by atoms with Gasteiger partial charge in [-0.05, 0) is 35.9 Å². The van der Waals surface area contributed by atoms with E-state index in [1.165, 1.54) is 36.2 Å². The van der Waals surface area contributed by atoms with E-state index in [2.05, 4.69) is 20.3 Å². The average molecular weight is 453 g/mol. The Bertz CT molecular complexity index is 1370. The summed E-state index contributed by atoms with van der Waals surface area (Å²) in [6.07, 6.45) is 1.22. The molecule has 0 radical (unpaired) electrons. The molecule has 3 heterocycles. The van der Waals surface area contributed by atoms with E-state index in [0.29, 0.717) is 11.9 Å². The lowest BCUT2D eigenvalue weighted by Crippen LogP contribution is -2.35. The summed E-state index contributed by atoms with van der Waals surface area (Å²) in [5.41, 5.74) is 0.0354. The fourth-order valence-corrected chi connectivity index (χ4v) is 3.47. The first-order valence-electron chi connectivity index (χ1n) is 9.68. The Balaban J connectivity index is 1.94. The van der Waals surface area contributed by atoms with Crippen molar-refractivity contribution in [3.63, 3.8) is 0 Å². The number of nitrogens with zero attached hydrogens (tertiary/aromatic N) is 4. The third-order valence-corrected chi connectivity index (χ3v) is 4.83. The molecule has 1 atom stereocenters. The molecule has 4 aromatic rings. The van der Waals surface area contributed by atoms with Crippen molar-refractivity contribution in [2.75, 3.05) is 7.11 Å². The van der Waals surface area contributed by atoms with Crippen LogP contribution in [-0.2, 0) is 6.42 Å². The van der Waals surface area contributed by atoms with Crippen LogP contribution in [0.5, 0.6) is 5.88 Å². The van der Waals surface area contributed by atoms with E-state index in [1.54, 1.807) is 12.1 Å². The number of fused-ring (bicyclic) bond motifs is 1. The minimum Gasteiger partial charge on any atom is -0.481 e. The predicted molar refractivity (Wildman–Crippen MR) is 113 cm³/mol. The number of rotatable bonds is 6. The van der Waals surface area contributed by atoms with Crippen LogP contribution < -0.4 is 15.6 Å². The van der Waals surface area contributed by atoms with Crippen molar-refractivity contribution in [1.82, 2.24) is 24.8 Å². The largest absolute Gasteiger partial charge is 0.481 e. The van der Waals surface area contributed by atoms with E-state index in [1.807, 2.05) is 0 Å². The maximum atomic E-state index is 13.8. The summed E-state index contributed by atoms with van der Waals surface area (Å²) in [5.74, 6) is -1.35. The molecule has 1 aromatic carbocycles. The van der Waals surface area contributed by atoms with Crippen molar-refractivity contribution in [2.24, 2.45) is 0 Å². The quantitative estimate of drug-likeness (QED) is 0.461. The van der Waals surface area contributed by atoms with Crippen LogP contribution in [0, 0.1) is 11.6 Å². The van der Waals surface area contributed by atoms with Crippen molar-refractivity contribution in [3.05, 3.63) is 88.2 Å². The molecule has 0 spiro atoms. The number of ether oxygens (including phenoxy) is 1. The maximum Gasteiger partial charge on any atom is 0.405 e. The molecule has 3 aromatic heterocycles. The molecular formula is C22H17F2N5O4. The number of carbonyl (C=O) groups is 1. The Hall–Kier alpha value is -4.41. The Morgan fingerprint density at radius 3 is 2.58 bits per heavy atom. The smallest absolute Gasteiger partial charge is 0.405 e. The highest BCUT2D eigenvalue weighted by atomic mass is 19.1. The predicted octanol–water partition coefficient (Wildman–Crippen LogP) is 3.01. The van der Waals surface area contributed by atoms with Crippen LogP contribution in [0.3, 0.4) is 0 Å². The standard InChI is InChI=1S/C22H17F2N5O4/c1-33-18-5-4-15(11-26-18)29-20(28-19-16(21(29)30)3-2-6-25-19)17(27-22(31)32)9-12-7-13(23)10-14(24)8-12/h2-8,10-11,17,27H,9H2,1H3,(H,31,32)/t17-/m0/s1. The van der Waals surface area contributed by atoms with Crippen molar-refractivity contribution in [3.8, 4) is 11.6 Å². The average Bonchev–Trinajstić information content (AvgIpc) is 2.78. The summed E-state index contributed by atoms with van der Waals surface area (Å²) in [6.45, 7) is 0. The monoisotopic (exact) mass is 453 g/mol. The molecule has 168 valence electrons. The molecule has 1 amide bonds. The summed E-state index contributed by atoms with van der Waals surface area (Å²) >= 11 is 0. The van der Waals surface area contributed by atoms with E-state index in [4.69, 9.17) is 4.74 Å². The van der Waals surface area contributed by atoms with E-state index in [9.17, 15) is 23.5 Å². The van der Waals surface area contributed by atoms with Gasteiger partial charge in [0, 0.05) is 24.8 Å². The number of hydrogen-bond acceptors (Lipinski definition) is 6. The zero-order valence-electron chi connectivity index (χ0n) is 17.2. The lowest BCUT2D eigenvalue weighted by Gasteiger charge is -2.21. The van der Waals surface area contributed by atoms with Gasteiger partial charge < -0.3 is 15.2 Å². The van der Waals surface area contributed by atoms with Crippen LogP contribution in [-0.4, -0.2) is 37.8 Å². The number of nitrogens with one attached hydrogen (secondary N) is 1. The van der Waals surface area contributed by atoms with Crippen LogP contribution >= 0.6 is 0 Å². The van der Waals surface area contributed by atoms with Crippen LogP contribution in [0.2, 0.25) is 0 Å². The first-order valence-corrected chi connectivity index (χ1v) is 9.68. The number of carboxylic acid groups (broad SMARTS) is 1. The molecule has 0 aliphatic rings. The van der Waals surface area contributed by atoms with Crippen molar-refractivity contribution in [1.29, 1.82) is 0 Å². The van der Waals surface area contributed by atoms with Gasteiger partial charge in [-0.2, -0.15) is 0 Å². The minimum atomic E-state index is -1.41. The lowest BCUT2D eigenvalue weighted by molar-refractivity contribution is 0.189. The highest BCUT2D eigenvalue weighted by Crippen LogP contribution is 2.22. The van der Waals surface area contributed by atoms with E-state index >= 15 is 0 Å². The van der Waals surface area contributed by atoms with Crippen LogP contribution in [0.25, 0.3) is 16.7 Å². The van der Waals surface area contributed by atoms with Crippen LogP contribution in [0.1, 0.15) is 17.4 Å². The van der Waals surface area contributed by atoms with E-state index in [0.717, 1.165) is 12.1 Å². The van der Waals surface area contributed by atoms with Gasteiger partial charge >= 0.3 is 6.09 Å². The summed E-state index contributed by atoms with van der Waals surface area (Å²) in [7, 11) is 1.44. The van der Waals surface area contributed by atoms with Gasteiger partial charge in [0.2, 0.25) is 5.88 Å². The second kappa shape index (κ2) is 8.99. The lowest BCUT2D eigenvalue weighted by atomic mass is 10.0. The fourth-order valence-electron chi connectivity index (χ4n) is 3.47. The Morgan fingerprint density at radius 2 is 1.94 bits per heavy atom. The highest BCUT2D eigenvalue weighted by Gasteiger charge is 2.24. The summed E-state index contributed by atoms with van der Waals surface area (Å²) in [6, 6.07) is 7.92. The number of pyridine rings is 2. The Labute approximate surface area is 185 Å². The van der Waals surface area contributed by atoms with Gasteiger partial charge in [-0.1, -0.05) is 0 Å². The molecule has 0 fully saturated rings. The molecule has 9 nitrogen and oxygen atoms in total. The number of benzene rings is 1. The number of amides is 1. The molecular weight excluding hydrogens is 436 g/mol. The van der Waals surface area contributed by atoms with Gasteiger partial charge in [-0.3, -0.25) is 9.36 Å². The fraction of sp³-hybridized carbons (Fsp3) is 0.136. The first-order chi connectivity index (χ1) is 15.9. The minimum absolute atomic E-state index is 0.0229. The Kier molecular flexibility index (Phi) is 5.94. The molecule has 0 saturated heterocycles. The molecule has 2 N–H and O–H groups in total. The third-order valence-electron chi connectivity index (χ3n) is 4.83. The third kappa shape index (κ3) is 4.61. The summed E-state index contributed by atoms with van der Waals surface area (Å²) < 4.78 is 33.7. The second-order valence-electron chi connectivity index (χ2n) is 7.03. The topological polar surface area (TPSA) is 119 Å². The zero-order chi connectivity index (χ0) is 23.5. The molecule has 0 bridgehead atoms. The van der Waals surface area contributed by atoms with Gasteiger partial charge in [-0.15, -0.1) is 0 Å². The zero-order valence-corrected chi connectivity index (χ0v) is 17.2. The number of halogens is 2. The molecule has 11 heteroatoms. The summed E-state index contributed by atoms with van der Waals surface area (Å²) in [5, 5.41) is 11.9. The maximum absolute atomic E-state index is 13.8. The molecule has 33 heavy (non-hydrogen) atoms. The molecule has 0 aliphatic carbocycles. The van der Waals surface area contributed by atoms with Crippen molar-refractivity contribution < 1.29 is 23.4 Å². The number of aromatic nitrogens is 4.